The lowest BCUT2D eigenvalue weighted by Crippen LogP contribution is -2.40. The lowest BCUT2D eigenvalue weighted by molar-refractivity contribution is -0.128. The first-order valence-corrected chi connectivity index (χ1v) is 10.7. The van der Waals surface area contributed by atoms with Crippen molar-refractivity contribution in [3.63, 3.8) is 0 Å². The maximum Gasteiger partial charge on any atom is 0.266 e. The molecule has 11 heteroatoms. The van der Waals surface area contributed by atoms with Gasteiger partial charge in [0.15, 0.2) is 16.7 Å². The predicted molar refractivity (Wildman–Crippen MR) is 119 cm³/mol. The number of rotatable bonds is 6. The zero-order chi connectivity index (χ0) is 21.0. The van der Waals surface area contributed by atoms with Crippen LogP contribution in [0.3, 0.4) is 0 Å². The second kappa shape index (κ2) is 9.51. The summed E-state index contributed by atoms with van der Waals surface area (Å²) in [5.74, 6) is 1.59. The minimum absolute atomic E-state index is 0.156. The standard InChI is InChI=1S/C18H19N3O5S3/c1-24-11-6-10(7-12(25-2)15(11)26-3)8-13-16(23)21(18(27)29-13)9-14(22)20-17-19-4-5-28-17/h6-8H,4-5,9H2,1-3H3,(H,19,20,22). The number of nitrogens with one attached hydrogen (secondary N) is 1. The quantitative estimate of drug-likeness (QED) is 0.518. The van der Waals surface area contributed by atoms with E-state index in [0.717, 1.165) is 17.5 Å². The molecule has 3 rings (SSSR count). The van der Waals surface area contributed by atoms with Gasteiger partial charge in [0.05, 0.1) is 32.8 Å². The molecule has 0 spiro atoms. The lowest BCUT2D eigenvalue weighted by Gasteiger charge is -2.14. The van der Waals surface area contributed by atoms with Crippen LogP contribution in [0.5, 0.6) is 17.2 Å². The minimum atomic E-state index is -0.330. The van der Waals surface area contributed by atoms with Crippen LogP contribution in [0.4, 0.5) is 0 Å². The molecule has 0 aliphatic carbocycles. The monoisotopic (exact) mass is 453 g/mol. The van der Waals surface area contributed by atoms with E-state index in [4.69, 9.17) is 26.4 Å². The van der Waals surface area contributed by atoms with E-state index in [-0.39, 0.29) is 18.4 Å². The van der Waals surface area contributed by atoms with Crippen molar-refractivity contribution in [1.82, 2.24) is 10.2 Å². The third kappa shape index (κ3) is 4.85. The molecule has 8 nitrogen and oxygen atoms in total. The Hall–Kier alpha value is -2.24. The largest absolute Gasteiger partial charge is 0.493 e. The number of aliphatic imine (C=N–C) groups is 1. The van der Waals surface area contributed by atoms with E-state index >= 15 is 0 Å². The van der Waals surface area contributed by atoms with Crippen LogP contribution in [-0.2, 0) is 9.59 Å². The SMILES string of the molecule is COc1cc(C=C2SC(=S)N(CC(=O)NC3=NCCS3)C2=O)cc(OC)c1OC. The van der Waals surface area contributed by atoms with Gasteiger partial charge in [0, 0.05) is 5.75 Å². The summed E-state index contributed by atoms with van der Waals surface area (Å²) in [4.78, 5) is 30.8. The predicted octanol–water partition coefficient (Wildman–Crippen LogP) is 2.13. The van der Waals surface area contributed by atoms with Gasteiger partial charge in [-0.25, -0.2) is 0 Å². The number of ether oxygens (including phenoxy) is 3. The summed E-state index contributed by atoms with van der Waals surface area (Å²) in [6.07, 6.45) is 1.68. The highest BCUT2D eigenvalue weighted by Crippen LogP contribution is 2.40. The highest BCUT2D eigenvalue weighted by atomic mass is 32.2. The number of nitrogens with zero attached hydrogens (tertiary/aromatic N) is 2. The van der Waals surface area contributed by atoms with Gasteiger partial charge in [-0.15, -0.1) is 0 Å². The molecule has 2 aliphatic rings. The molecule has 0 radical (unpaired) electrons. The Bertz CT molecular complexity index is 891. The van der Waals surface area contributed by atoms with Gasteiger partial charge in [0.25, 0.3) is 5.91 Å². The van der Waals surface area contributed by atoms with Crippen molar-refractivity contribution in [2.75, 3.05) is 40.2 Å². The number of carbonyl (C=O) groups excluding carboxylic acids is 2. The molecule has 2 heterocycles. The van der Waals surface area contributed by atoms with E-state index in [1.165, 1.54) is 38.0 Å². The van der Waals surface area contributed by atoms with Crippen molar-refractivity contribution in [1.29, 1.82) is 0 Å². The van der Waals surface area contributed by atoms with E-state index in [0.29, 0.717) is 43.8 Å². The molecule has 1 aromatic rings. The highest BCUT2D eigenvalue weighted by molar-refractivity contribution is 8.26. The number of thioether (sulfide) groups is 2. The number of amides is 2. The van der Waals surface area contributed by atoms with E-state index in [1.54, 1.807) is 18.2 Å². The van der Waals surface area contributed by atoms with Gasteiger partial charge in [-0.05, 0) is 23.8 Å². The van der Waals surface area contributed by atoms with Crippen LogP contribution in [0.2, 0.25) is 0 Å². The van der Waals surface area contributed by atoms with E-state index in [2.05, 4.69) is 10.3 Å². The molecule has 1 fully saturated rings. The Labute approximate surface area is 182 Å². The molecule has 1 aromatic carbocycles. The molecular formula is C18H19N3O5S3. The third-order valence-electron chi connectivity index (χ3n) is 3.99. The summed E-state index contributed by atoms with van der Waals surface area (Å²) in [5.41, 5.74) is 0.682. The number of benzene rings is 1. The zero-order valence-corrected chi connectivity index (χ0v) is 18.5. The summed E-state index contributed by atoms with van der Waals surface area (Å²) in [6, 6.07) is 3.46. The van der Waals surface area contributed by atoms with Gasteiger partial charge in [-0.3, -0.25) is 19.5 Å². The minimum Gasteiger partial charge on any atom is -0.493 e. The van der Waals surface area contributed by atoms with Crippen LogP contribution in [0.1, 0.15) is 5.56 Å². The fourth-order valence-corrected chi connectivity index (χ4v) is 4.69. The van der Waals surface area contributed by atoms with Gasteiger partial charge in [-0.1, -0.05) is 35.7 Å². The normalized spacial score (nSPS) is 17.6. The number of hydrogen-bond donors (Lipinski definition) is 1. The number of hydrogen-bond acceptors (Lipinski definition) is 9. The van der Waals surface area contributed by atoms with Gasteiger partial charge in [0.2, 0.25) is 11.7 Å². The molecule has 1 N–H and O–H groups in total. The van der Waals surface area contributed by atoms with Gasteiger partial charge < -0.3 is 19.5 Å². The molecule has 2 aliphatic heterocycles. The van der Waals surface area contributed by atoms with Crippen molar-refractivity contribution in [2.24, 2.45) is 4.99 Å². The van der Waals surface area contributed by atoms with Gasteiger partial charge in [0.1, 0.15) is 10.9 Å². The maximum atomic E-state index is 12.8. The average molecular weight is 454 g/mol. The average Bonchev–Trinajstić information content (AvgIpc) is 3.31. The van der Waals surface area contributed by atoms with Crippen LogP contribution >= 0.6 is 35.7 Å². The molecular weight excluding hydrogens is 434 g/mol. The van der Waals surface area contributed by atoms with Crippen LogP contribution in [0.15, 0.2) is 22.0 Å². The molecule has 0 saturated carbocycles. The summed E-state index contributed by atoms with van der Waals surface area (Å²) < 4.78 is 16.3. The van der Waals surface area contributed by atoms with E-state index in [9.17, 15) is 9.59 Å². The van der Waals surface area contributed by atoms with Crippen molar-refractivity contribution in [2.45, 2.75) is 0 Å². The summed E-state index contributed by atoms with van der Waals surface area (Å²) >= 11 is 7.90. The van der Waals surface area contributed by atoms with Crippen molar-refractivity contribution in [3.8, 4) is 17.2 Å². The fourth-order valence-electron chi connectivity index (χ4n) is 2.69. The molecule has 2 amide bonds. The number of methoxy groups -OCH3 is 3. The Balaban J connectivity index is 1.78. The highest BCUT2D eigenvalue weighted by Gasteiger charge is 2.33. The van der Waals surface area contributed by atoms with Crippen LogP contribution in [0, 0.1) is 0 Å². The summed E-state index contributed by atoms with van der Waals surface area (Å²) in [5, 5.41) is 3.28. The topological polar surface area (TPSA) is 89.5 Å². The number of thiocarbonyl (C=S) groups is 1. The molecule has 0 bridgehead atoms. The van der Waals surface area contributed by atoms with E-state index < -0.39 is 0 Å². The Morgan fingerprint density at radius 1 is 1.28 bits per heavy atom. The van der Waals surface area contributed by atoms with Crippen LogP contribution in [-0.4, -0.2) is 66.4 Å². The molecule has 1 saturated heterocycles. The van der Waals surface area contributed by atoms with Crippen LogP contribution in [0.25, 0.3) is 6.08 Å². The van der Waals surface area contributed by atoms with Crippen molar-refractivity contribution >= 4 is 63.1 Å². The van der Waals surface area contributed by atoms with Crippen LogP contribution < -0.4 is 19.5 Å². The maximum absolute atomic E-state index is 12.8. The first-order valence-electron chi connectivity index (χ1n) is 8.49. The molecule has 29 heavy (non-hydrogen) atoms. The Morgan fingerprint density at radius 3 is 2.52 bits per heavy atom. The Morgan fingerprint density at radius 2 is 1.97 bits per heavy atom. The van der Waals surface area contributed by atoms with Crippen molar-refractivity contribution in [3.05, 3.63) is 22.6 Å². The van der Waals surface area contributed by atoms with E-state index in [1.807, 2.05) is 0 Å². The number of amidine groups is 1. The lowest BCUT2D eigenvalue weighted by atomic mass is 10.1. The second-order valence-corrected chi connectivity index (χ2v) is 8.57. The molecule has 154 valence electrons. The summed E-state index contributed by atoms with van der Waals surface area (Å²) in [7, 11) is 4.56. The fraction of sp³-hybridized carbons (Fsp3) is 0.333. The Kier molecular flexibility index (Phi) is 7.04. The third-order valence-corrected chi connectivity index (χ3v) is 6.26. The first-order chi connectivity index (χ1) is 14.0. The smallest absolute Gasteiger partial charge is 0.266 e. The summed E-state index contributed by atoms with van der Waals surface area (Å²) in [6.45, 7) is 0.524. The zero-order valence-electron chi connectivity index (χ0n) is 16.0. The molecule has 0 atom stereocenters. The van der Waals surface area contributed by atoms with Gasteiger partial charge in [-0.2, -0.15) is 0 Å². The first kappa shape index (κ1) is 21.5. The molecule has 0 aromatic heterocycles. The number of carbonyl (C=O) groups is 2. The molecule has 0 unspecified atom stereocenters. The second-order valence-electron chi connectivity index (χ2n) is 5.81. The van der Waals surface area contributed by atoms with Gasteiger partial charge >= 0.3 is 0 Å². The van der Waals surface area contributed by atoms with Crippen molar-refractivity contribution < 1.29 is 23.8 Å².